The summed E-state index contributed by atoms with van der Waals surface area (Å²) in [6.07, 6.45) is 2.14. The summed E-state index contributed by atoms with van der Waals surface area (Å²) in [6, 6.07) is 8.30. The van der Waals surface area contributed by atoms with Crippen molar-refractivity contribution in [2.45, 2.75) is 19.4 Å². The molecule has 1 unspecified atom stereocenters. The molecule has 0 fully saturated rings. The highest BCUT2D eigenvalue weighted by atomic mass is 35.5. The van der Waals surface area contributed by atoms with Gasteiger partial charge in [0.05, 0.1) is 5.02 Å². The van der Waals surface area contributed by atoms with Gasteiger partial charge in [0.25, 0.3) is 0 Å². The van der Waals surface area contributed by atoms with Gasteiger partial charge < -0.3 is 11.1 Å². The maximum atomic E-state index is 13.3. The third-order valence-corrected chi connectivity index (χ3v) is 3.28. The zero-order chi connectivity index (χ0) is 14.5. The molecule has 0 bridgehead atoms. The molecule has 0 aliphatic heterocycles. The highest BCUT2D eigenvalue weighted by Crippen LogP contribution is 2.25. The van der Waals surface area contributed by atoms with Crippen LogP contribution in [0, 0.1) is 5.82 Å². The van der Waals surface area contributed by atoms with E-state index in [1.54, 1.807) is 12.1 Å². The smallest absolute Gasteiger partial charge is 0.128 e. The van der Waals surface area contributed by atoms with Crippen LogP contribution < -0.4 is 11.1 Å². The summed E-state index contributed by atoms with van der Waals surface area (Å²) in [7, 11) is 0. The van der Waals surface area contributed by atoms with Crippen LogP contribution in [0.15, 0.2) is 36.5 Å². The lowest BCUT2D eigenvalue weighted by atomic mass is 9.99. The van der Waals surface area contributed by atoms with E-state index in [1.807, 2.05) is 13.0 Å². The molecule has 3 nitrogen and oxygen atoms in total. The van der Waals surface area contributed by atoms with Crippen LogP contribution in [0.4, 0.5) is 10.2 Å². The van der Waals surface area contributed by atoms with Crippen molar-refractivity contribution in [1.29, 1.82) is 0 Å². The number of likely N-dealkylation sites (N-methyl/N-ethyl adjacent to an activating group) is 1. The zero-order valence-electron chi connectivity index (χ0n) is 11.2. The first kappa shape index (κ1) is 14.8. The Kier molecular flexibility index (Phi) is 4.93. The largest absolute Gasteiger partial charge is 0.383 e. The van der Waals surface area contributed by atoms with Crippen LogP contribution in [0.5, 0.6) is 0 Å². The number of hydrogen-bond donors (Lipinski definition) is 2. The number of aromatic nitrogens is 1. The Balaban J connectivity index is 2.29. The minimum atomic E-state index is -0.241. The van der Waals surface area contributed by atoms with E-state index >= 15 is 0 Å². The Morgan fingerprint density at radius 2 is 2.20 bits per heavy atom. The molecule has 1 heterocycles. The van der Waals surface area contributed by atoms with Crippen LogP contribution >= 0.6 is 11.6 Å². The summed E-state index contributed by atoms with van der Waals surface area (Å²) in [4.78, 5) is 4.07. The van der Waals surface area contributed by atoms with Crippen molar-refractivity contribution in [3.63, 3.8) is 0 Å². The number of pyridine rings is 1. The lowest BCUT2D eigenvalue weighted by Gasteiger charge is -2.20. The minimum absolute atomic E-state index is 0.0481. The standard InChI is InChI=1S/C15H17ClFN3/c1-2-19-14(7-10-4-3-5-12(17)6-10)13-8-11(16)9-20-15(13)18/h3-6,8-9,14,19H,2,7H2,1H3,(H2,18,20). The monoisotopic (exact) mass is 293 g/mol. The topological polar surface area (TPSA) is 50.9 Å². The number of nitrogens with zero attached hydrogens (tertiary/aromatic N) is 1. The highest BCUT2D eigenvalue weighted by Gasteiger charge is 2.15. The first-order chi connectivity index (χ1) is 9.60. The molecule has 3 N–H and O–H groups in total. The molecule has 0 spiro atoms. The first-order valence-electron chi connectivity index (χ1n) is 6.49. The summed E-state index contributed by atoms with van der Waals surface area (Å²) < 4.78 is 13.3. The Labute approximate surface area is 123 Å². The van der Waals surface area contributed by atoms with Crippen molar-refractivity contribution in [3.8, 4) is 0 Å². The molecular formula is C15H17ClFN3. The molecule has 0 aliphatic rings. The van der Waals surface area contributed by atoms with Gasteiger partial charge in [-0.05, 0) is 36.7 Å². The molecule has 1 aromatic heterocycles. The van der Waals surface area contributed by atoms with Crippen LogP contribution in [-0.4, -0.2) is 11.5 Å². The Bertz CT molecular complexity index is 589. The van der Waals surface area contributed by atoms with E-state index < -0.39 is 0 Å². The molecule has 1 atom stereocenters. The zero-order valence-corrected chi connectivity index (χ0v) is 12.0. The van der Waals surface area contributed by atoms with Crippen LogP contribution in [-0.2, 0) is 6.42 Å². The summed E-state index contributed by atoms with van der Waals surface area (Å²) >= 11 is 5.98. The van der Waals surface area contributed by atoms with Gasteiger partial charge in [-0.2, -0.15) is 0 Å². The number of nitrogens with one attached hydrogen (secondary N) is 1. The fraction of sp³-hybridized carbons (Fsp3) is 0.267. The van der Waals surface area contributed by atoms with Crippen LogP contribution in [0.3, 0.4) is 0 Å². The summed E-state index contributed by atoms with van der Waals surface area (Å²) in [5, 5.41) is 3.87. The van der Waals surface area contributed by atoms with Crippen molar-refractivity contribution in [3.05, 3.63) is 58.5 Å². The number of nitrogens with two attached hydrogens (primary N) is 1. The third kappa shape index (κ3) is 3.68. The second-order valence-electron chi connectivity index (χ2n) is 4.57. The highest BCUT2D eigenvalue weighted by molar-refractivity contribution is 6.30. The van der Waals surface area contributed by atoms with Crippen LogP contribution in [0.1, 0.15) is 24.1 Å². The maximum Gasteiger partial charge on any atom is 0.128 e. The lowest BCUT2D eigenvalue weighted by Crippen LogP contribution is -2.24. The number of hydrogen-bond acceptors (Lipinski definition) is 3. The fourth-order valence-corrected chi connectivity index (χ4v) is 2.35. The van der Waals surface area contributed by atoms with Crippen molar-refractivity contribution in [1.82, 2.24) is 10.3 Å². The van der Waals surface area contributed by atoms with E-state index in [9.17, 15) is 4.39 Å². The molecule has 0 saturated carbocycles. The molecule has 5 heteroatoms. The molecular weight excluding hydrogens is 277 g/mol. The molecule has 20 heavy (non-hydrogen) atoms. The van der Waals surface area contributed by atoms with E-state index in [0.29, 0.717) is 17.3 Å². The van der Waals surface area contributed by atoms with Gasteiger partial charge in [-0.15, -0.1) is 0 Å². The predicted molar refractivity (Wildman–Crippen MR) is 80.2 cm³/mol. The van der Waals surface area contributed by atoms with E-state index in [0.717, 1.165) is 17.7 Å². The first-order valence-corrected chi connectivity index (χ1v) is 6.86. The molecule has 0 aliphatic carbocycles. The normalized spacial score (nSPS) is 12.3. The van der Waals surface area contributed by atoms with Gasteiger partial charge in [-0.25, -0.2) is 9.37 Å². The lowest BCUT2D eigenvalue weighted by molar-refractivity contribution is 0.547. The van der Waals surface area contributed by atoms with E-state index in [2.05, 4.69) is 10.3 Å². The fourth-order valence-electron chi connectivity index (χ4n) is 2.18. The third-order valence-electron chi connectivity index (χ3n) is 3.07. The van der Waals surface area contributed by atoms with Gasteiger partial charge >= 0.3 is 0 Å². The molecule has 1 aromatic carbocycles. The molecule has 106 valence electrons. The Morgan fingerprint density at radius 1 is 1.40 bits per heavy atom. The number of anilines is 1. The molecule has 0 amide bonds. The summed E-state index contributed by atoms with van der Waals surface area (Å²) in [5.41, 5.74) is 7.66. The van der Waals surface area contributed by atoms with Gasteiger partial charge in [0.1, 0.15) is 11.6 Å². The predicted octanol–water partition coefficient (Wildman–Crippen LogP) is 3.35. The average molecular weight is 294 g/mol. The van der Waals surface area contributed by atoms with Crippen molar-refractivity contribution >= 4 is 17.4 Å². The Morgan fingerprint density at radius 3 is 2.90 bits per heavy atom. The van der Waals surface area contributed by atoms with E-state index in [1.165, 1.54) is 18.3 Å². The molecule has 2 aromatic rings. The summed E-state index contributed by atoms with van der Waals surface area (Å²) in [5.74, 6) is 0.201. The maximum absolute atomic E-state index is 13.3. The van der Waals surface area contributed by atoms with Crippen molar-refractivity contribution < 1.29 is 4.39 Å². The van der Waals surface area contributed by atoms with Gasteiger partial charge in [0.15, 0.2) is 0 Å². The molecule has 2 rings (SSSR count). The molecule has 0 radical (unpaired) electrons. The van der Waals surface area contributed by atoms with Crippen molar-refractivity contribution in [2.24, 2.45) is 0 Å². The van der Waals surface area contributed by atoms with Crippen LogP contribution in [0.25, 0.3) is 0 Å². The minimum Gasteiger partial charge on any atom is -0.383 e. The quantitative estimate of drug-likeness (QED) is 0.889. The number of benzene rings is 1. The van der Waals surface area contributed by atoms with E-state index in [-0.39, 0.29) is 11.9 Å². The van der Waals surface area contributed by atoms with Gasteiger partial charge in [-0.3, -0.25) is 0 Å². The van der Waals surface area contributed by atoms with E-state index in [4.69, 9.17) is 17.3 Å². The number of halogens is 2. The second-order valence-corrected chi connectivity index (χ2v) is 5.01. The summed E-state index contributed by atoms with van der Waals surface area (Å²) in [6.45, 7) is 2.78. The SMILES string of the molecule is CCNC(Cc1cccc(F)c1)c1cc(Cl)cnc1N. The number of nitrogen functional groups attached to an aromatic ring is 1. The average Bonchev–Trinajstić information content (AvgIpc) is 2.41. The number of rotatable bonds is 5. The van der Waals surface area contributed by atoms with Gasteiger partial charge in [-0.1, -0.05) is 30.7 Å². The van der Waals surface area contributed by atoms with Gasteiger partial charge in [0, 0.05) is 17.8 Å². The molecule has 0 saturated heterocycles. The Hall–Kier alpha value is -1.65. The van der Waals surface area contributed by atoms with Crippen molar-refractivity contribution in [2.75, 3.05) is 12.3 Å². The van der Waals surface area contributed by atoms with Gasteiger partial charge in [0.2, 0.25) is 0 Å². The van der Waals surface area contributed by atoms with Crippen LogP contribution in [0.2, 0.25) is 5.02 Å². The second kappa shape index (κ2) is 6.68.